The number of methoxy groups -OCH3 is 1. The van der Waals surface area contributed by atoms with Gasteiger partial charge in [0, 0.05) is 0 Å². The fourth-order valence-corrected chi connectivity index (χ4v) is 2.41. The Balaban J connectivity index is 1.86. The predicted octanol–water partition coefficient (Wildman–Crippen LogP) is 3.18. The molecule has 2 aromatic carbocycles. The van der Waals surface area contributed by atoms with Crippen molar-refractivity contribution in [1.29, 1.82) is 0 Å². The summed E-state index contributed by atoms with van der Waals surface area (Å²) in [5, 5.41) is 0. The van der Waals surface area contributed by atoms with Crippen LogP contribution in [0.25, 0.3) is 0 Å². The van der Waals surface area contributed by atoms with Gasteiger partial charge in [0.05, 0.1) is 24.7 Å². The van der Waals surface area contributed by atoms with Gasteiger partial charge in [-0.05, 0) is 29.8 Å². The van der Waals surface area contributed by atoms with E-state index in [0.717, 1.165) is 5.56 Å². The van der Waals surface area contributed by atoms with Gasteiger partial charge < -0.3 is 9.47 Å². The molecule has 106 valence electrons. The van der Waals surface area contributed by atoms with Crippen LogP contribution in [0.4, 0.5) is 0 Å². The van der Waals surface area contributed by atoms with Gasteiger partial charge >= 0.3 is 5.97 Å². The maximum absolute atomic E-state index is 12.1. The van der Waals surface area contributed by atoms with Gasteiger partial charge in [0.15, 0.2) is 5.78 Å². The van der Waals surface area contributed by atoms with Crippen LogP contribution in [0.2, 0.25) is 0 Å². The summed E-state index contributed by atoms with van der Waals surface area (Å²) in [6.45, 7) is 0. The molecule has 0 aromatic heterocycles. The maximum atomic E-state index is 12.1. The Hall–Kier alpha value is -2.62. The van der Waals surface area contributed by atoms with E-state index in [1.807, 2.05) is 12.1 Å². The molecule has 1 aliphatic rings. The topological polar surface area (TPSA) is 52.6 Å². The third kappa shape index (κ3) is 2.52. The molecule has 1 aliphatic heterocycles. The van der Waals surface area contributed by atoms with Crippen LogP contribution in [0.15, 0.2) is 48.5 Å². The number of esters is 1. The molecule has 0 radical (unpaired) electrons. The summed E-state index contributed by atoms with van der Waals surface area (Å²) in [6, 6.07) is 14.2. The molecule has 0 aliphatic carbocycles. The molecule has 0 saturated heterocycles. The lowest BCUT2D eigenvalue weighted by molar-refractivity contribution is 0.0600. The Morgan fingerprint density at radius 2 is 1.86 bits per heavy atom. The van der Waals surface area contributed by atoms with Crippen LogP contribution in [-0.2, 0) is 4.74 Å². The minimum atomic E-state index is -0.382. The minimum absolute atomic E-state index is 0.0684. The highest BCUT2D eigenvalue weighted by atomic mass is 16.5. The zero-order chi connectivity index (χ0) is 14.8. The molecule has 0 bridgehead atoms. The molecule has 0 amide bonds. The third-order valence-corrected chi connectivity index (χ3v) is 3.53. The zero-order valence-corrected chi connectivity index (χ0v) is 11.5. The van der Waals surface area contributed by atoms with Gasteiger partial charge in [-0.3, -0.25) is 4.79 Å². The van der Waals surface area contributed by atoms with Crippen LogP contribution in [0.1, 0.15) is 38.8 Å². The van der Waals surface area contributed by atoms with E-state index in [4.69, 9.17) is 4.74 Å². The molecule has 0 spiro atoms. The van der Waals surface area contributed by atoms with Crippen LogP contribution >= 0.6 is 0 Å². The van der Waals surface area contributed by atoms with Crippen LogP contribution < -0.4 is 4.74 Å². The first-order valence-corrected chi connectivity index (χ1v) is 6.66. The monoisotopic (exact) mass is 282 g/mol. The van der Waals surface area contributed by atoms with Gasteiger partial charge in [-0.25, -0.2) is 4.79 Å². The smallest absolute Gasteiger partial charge is 0.337 e. The van der Waals surface area contributed by atoms with Gasteiger partial charge in [0.2, 0.25) is 0 Å². The van der Waals surface area contributed by atoms with Crippen molar-refractivity contribution < 1.29 is 19.1 Å². The first-order valence-electron chi connectivity index (χ1n) is 6.66. The molecule has 2 aromatic rings. The van der Waals surface area contributed by atoms with Crippen LogP contribution in [0.3, 0.4) is 0 Å². The molecule has 21 heavy (non-hydrogen) atoms. The average molecular weight is 282 g/mol. The lowest BCUT2D eigenvalue weighted by Crippen LogP contribution is -2.20. The second-order valence-corrected chi connectivity index (χ2v) is 4.84. The number of hydrogen-bond donors (Lipinski definition) is 0. The quantitative estimate of drug-likeness (QED) is 0.794. The number of Topliss-reactive ketones (excluding diaryl/α,β-unsaturated/α-hetero) is 1. The lowest BCUT2D eigenvalue weighted by Gasteiger charge is -2.25. The Kier molecular flexibility index (Phi) is 3.44. The average Bonchev–Trinajstić information content (AvgIpc) is 2.54. The second kappa shape index (κ2) is 5.40. The number of rotatable bonds is 2. The Labute approximate surface area is 122 Å². The van der Waals surface area contributed by atoms with E-state index in [1.165, 1.54) is 7.11 Å². The summed E-state index contributed by atoms with van der Waals surface area (Å²) in [6.07, 6.45) is -0.0201. The van der Waals surface area contributed by atoms with Crippen molar-refractivity contribution in [2.24, 2.45) is 0 Å². The standard InChI is InChI=1S/C17H14O4/c1-20-17(19)12-8-6-11(7-9-12)16-10-14(18)13-4-2-3-5-15(13)21-16/h2-9,16H,10H2,1H3. The molecule has 1 unspecified atom stereocenters. The first kappa shape index (κ1) is 13.4. The van der Waals surface area contributed by atoms with E-state index >= 15 is 0 Å². The van der Waals surface area contributed by atoms with Crippen LogP contribution in [-0.4, -0.2) is 18.9 Å². The number of ether oxygens (including phenoxy) is 2. The van der Waals surface area contributed by atoms with E-state index in [2.05, 4.69) is 4.74 Å². The molecular weight excluding hydrogens is 268 g/mol. The van der Waals surface area contributed by atoms with Crippen molar-refractivity contribution in [3.05, 3.63) is 65.2 Å². The third-order valence-electron chi connectivity index (χ3n) is 3.53. The number of para-hydroxylation sites is 1. The SMILES string of the molecule is COC(=O)c1ccc(C2CC(=O)c3ccccc3O2)cc1. The Morgan fingerprint density at radius 1 is 1.14 bits per heavy atom. The number of hydrogen-bond acceptors (Lipinski definition) is 4. The highest BCUT2D eigenvalue weighted by Gasteiger charge is 2.27. The second-order valence-electron chi connectivity index (χ2n) is 4.84. The minimum Gasteiger partial charge on any atom is -0.484 e. The van der Waals surface area contributed by atoms with E-state index < -0.39 is 0 Å². The summed E-state index contributed by atoms with van der Waals surface area (Å²) < 4.78 is 10.5. The van der Waals surface area contributed by atoms with Crippen molar-refractivity contribution in [3.8, 4) is 5.75 Å². The Morgan fingerprint density at radius 3 is 2.57 bits per heavy atom. The first-order chi connectivity index (χ1) is 10.2. The van der Waals surface area contributed by atoms with Crippen LogP contribution in [0.5, 0.6) is 5.75 Å². The van der Waals surface area contributed by atoms with Crippen molar-refractivity contribution >= 4 is 11.8 Å². The highest BCUT2D eigenvalue weighted by molar-refractivity contribution is 6.00. The highest BCUT2D eigenvalue weighted by Crippen LogP contribution is 2.34. The van der Waals surface area contributed by atoms with Gasteiger partial charge in [-0.2, -0.15) is 0 Å². The largest absolute Gasteiger partial charge is 0.484 e. The van der Waals surface area contributed by atoms with Crippen molar-refractivity contribution in [1.82, 2.24) is 0 Å². The number of ketones is 1. The molecule has 1 atom stereocenters. The molecule has 3 rings (SSSR count). The number of benzene rings is 2. The molecule has 0 fully saturated rings. The molecule has 0 N–H and O–H groups in total. The predicted molar refractivity (Wildman–Crippen MR) is 76.5 cm³/mol. The van der Waals surface area contributed by atoms with Crippen molar-refractivity contribution in [2.45, 2.75) is 12.5 Å². The van der Waals surface area contributed by atoms with E-state index in [0.29, 0.717) is 23.3 Å². The summed E-state index contributed by atoms with van der Waals surface area (Å²) in [5.41, 5.74) is 1.97. The zero-order valence-electron chi connectivity index (χ0n) is 11.5. The Bertz CT molecular complexity index is 688. The summed E-state index contributed by atoms with van der Waals surface area (Å²) >= 11 is 0. The van der Waals surface area contributed by atoms with E-state index in [1.54, 1.807) is 36.4 Å². The van der Waals surface area contributed by atoms with E-state index in [9.17, 15) is 9.59 Å². The molecule has 4 nitrogen and oxygen atoms in total. The fourth-order valence-electron chi connectivity index (χ4n) is 2.41. The summed E-state index contributed by atoms with van der Waals surface area (Å²) in [7, 11) is 1.34. The molecule has 1 heterocycles. The number of carbonyl (C=O) groups is 2. The maximum Gasteiger partial charge on any atom is 0.337 e. The summed E-state index contributed by atoms with van der Waals surface area (Å²) in [4.78, 5) is 23.5. The normalized spacial score (nSPS) is 16.8. The molecule has 0 saturated carbocycles. The van der Waals surface area contributed by atoms with Gasteiger partial charge in [-0.1, -0.05) is 24.3 Å². The molecule has 4 heteroatoms. The van der Waals surface area contributed by atoms with Gasteiger partial charge in [-0.15, -0.1) is 0 Å². The van der Waals surface area contributed by atoms with Gasteiger partial charge in [0.25, 0.3) is 0 Å². The van der Waals surface area contributed by atoms with Gasteiger partial charge in [0.1, 0.15) is 11.9 Å². The van der Waals surface area contributed by atoms with E-state index in [-0.39, 0.29) is 17.9 Å². The summed E-state index contributed by atoms with van der Waals surface area (Å²) in [5.74, 6) is 0.294. The lowest BCUT2D eigenvalue weighted by atomic mass is 9.96. The number of fused-ring (bicyclic) bond motifs is 1. The van der Waals surface area contributed by atoms with Crippen molar-refractivity contribution in [2.75, 3.05) is 7.11 Å². The van der Waals surface area contributed by atoms with Crippen molar-refractivity contribution in [3.63, 3.8) is 0 Å². The fraction of sp³-hybridized carbons (Fsp3) is 0.176. The molecular formula is C17H14O4. The van der Waals surface area contributed by atoms with Crippen LogP contribution in [0, 0.1) is 0 Å². The number of carbonyl (C=O) groups excluding carboxylic acids is 2.